The molecule has 0 amide bonds. The standard InChI is InChI=1S/C9H9ClNO.ClH/c1-2-11-7-5-3-4-6-8(7)12-9(11)10;/h3-6H,2H2,1H3;1H/q+1;/p-1. The fraction of sp³-hybridized carbons (Fsp3) is 0.222. The molecular formula is C9H9Cl2NO. The van der Waals surface area contributed by atoms with Crippen molar-refractivity contribution >= 4 is 22.7 Å². The Morgan fingerprint density at radius 3 is 2.77 bits per heavy atom. The predicted molar refractivity (Wildman–Crippen MR) is 47.1 cm³/mol. The van der Waals surface area contributed by atoms with Gasteiger partial charge >= 0.3 is 5.35 Å². The third kappa shape index (κ3) is 1.64. The summed E-state index contributed by atoms with van der Waals surface area (Å²) in [4.78, 5) is 0. The maximum atomic E-state index is 5.86. The lowest BCUT2D eigenvalue weighted by molar-refractivity contribution is -0.670. The summed E-state index contributed by atoms with van der Waals surface area (Å²) >= 11 is 5.86. The van der Waals surface area contributed by atoms with Crippen molar-refractivity contribution in [1.29, 1.82) is 0 Å². The highest BCUT2D eigenvalue weighted by molar-refractivity contribution is 6.27. The van der Waals surface area contributed by atoms with Crippen LogP contribution in [0.1, 0.15) is 6.92 Å². The monoisotopic (exact) mass is 217 g/mol. The lowest BCUT2D eigenvalue weighted by Gasteiger charge is -1.84. The van der Waals surface area contributed by atoms with Crippen LogP contribution in [0.25, 0.3) is 11.1 Å². The van der Waals surface area contributed by atoms with E-state index in [1.165, 1.54) is 0 Å². The van der Waals surface area contributed by atoms with Gasteiger partial charge in [0.15, 0.2) is 6.54 Å². The van der Waals surface area contributed by atoms with Gasteiger partial charge in [0.05, 0.1) is 0 Å². The van der Waals surface area contributed by atoms with E-state index in [1.807, 2.05) is 35.8 Å². The summed E-state index contributed by atoms with van der Waals surface area (Å²) in [5, 5.41) is 0.443. The Hall–Kier alpha value is -0.730. The molecule has 0 fully saturated rings. The summed E-state index contributed by atoms with van der Waals surface area (Å²) in [5.41, 5.74) is 1.88. The van der Waals surface area contributed by atoms with E-state index in [1.54, 1.807) is 0 Å². The molecular weight excluding hydrogens is 209 g/mol. The lowest BCUT2D eigenvalue weighted by Crippen LogP contribution is -3.00. The molecule has 1 aromatic carbocycles. The Morgan fingerprint density at radius 1 is 1.38 bits per heavy atom. The summed E-state index contributed by atoms with van der Waals surface area (Å²) in [7, 11) is 0. The predicted octanol–water partition coefficient (Wildman–Crippen LogP) is -0.602. The summed E-state index contributed by atoms with van der Waals surface area (Å²) in [6.45, 7) is 2.86. The topological polar surface area (TPSA) is 17.0 Å². The maximum Gasteiger partial charge on any atom is 0.450 e. The molecule has 70 valence electrons. The third-order valence-electron chi connectivity index (χ3n) is 1.88. The first-order valence-electron chi connectivity index (χ1n) is 3.90. The molecule has 0 spiro atoms. The van der Waals surface area contributed by atoms with Crippen molar-refractivity contribution in [2.45, 2.75) is 13.5 Å². The number of rotatable bonds is 1. The minimum atomic E-state index is 0. The summed E-state index contributed by atoms with van der Waals surface area (Å²) in [6.07, 6.45) is 0. The van der Waals surface area contributed by atoms with Crippen LogP contribution in [-0.2, 0) is 6.54 Å². The maximum absolute atomic E-state index is 5.86. The number of hydrogen-bond donors (Lipinski definition) is 0. The fourth-order valence-electron chi connectivity index (χ4n) is 1.30. The van der Waals surface area contributed by atoms with Crippen molar-refractivity contribution in [1.82, 2.24) is 0 Å². The van der Waals surface area contributed by atoms with E-state index in [-0.39, 0.29) is 12.4 Å². The molecule has 1 aromatic heterocycles. The molecule has 0 aliphatic carbocycles. The van der Waals surface area contributed by atoms with Gasteiger partial charge in [0, 0.05) is 17.7 Å². The van der Waals surface area contributed by atoms with Gasteiger partial charge in [-0.05, 0) is 13.0 Å². The molecule has 2 nitrogen and oxygen atoms in total. The van der Waals surface area contributed by atoms with Gasteiger partial charge in [-0.25, -0.2) is 0 Å². The van der Waals surface area contributed by atoms with Crippen LogP contribution in [0.3, 0.4) is 0 Å². The Kier molecular flexibility index (Phi) is 3.17. The fourth-order valence-corrected chi connectivity index (χ4v) is 1.60. The van der Waals surface area contributed by atoms with E-state index in [2.05, 4.69) is 0 Å². The number of oxazole rings is 1. The molecule has 0 bridgehead atoms. The quantitative estimate of drug-likeness (QED) is 0.584. The first kappa shape index (κ1) is 10.4. The molecule has 0 saturated heterocycles. The highest BCUT2D eigenvalue weighted by atomic mass is 35.5. The van der Waals surface area contributed by atoms with Crippen molar-refractivity contribution in [3.8, 4) is 0 Å². The minimum absolute atomic E-state index is 0. The molecule has 0 N–H and O–H groups in total. The van der Waals surface area contributed by atoms with Gasteiger partial charge in [0.2, 0.25) is 5.58 Å². The normalized spacial score (nSPS) is 10.0. The van der Waals surface area contributed by atoms with Gasteiger partial charge in [-0.3, -0.25) is 0 Å². The van der Waals surface area contributed by atoms with Crippen molar-refractivity contribution < 1.29 is 21.4 Å². The SMILES string of the molecule is CC[n+]1c(Cl)oc2ccccc21.[Cl-]. The van der Waals surface area contributed by atoms with Gasteiger partial charge in [-0.1, -0.05) is 12.1 Å². The minimum Gasteiger partial charge on any atom is -1.00 e. The second-order valence-electron chi connectivity index (χ2n) is 2.57. The Bertz CT molecular complexity index is 411. The average Bonchev–Trinajstić information content (AvgIpc) is 2.40. The number of aryl methyl sites for hydroxylation is 1. The van der Waals surface area contributed by atoms with Gasteiger partial charge in [-0.15, -0.1) is 4.57 Å². The van der Waals surface area contributed by atoms with E-state index in [0.29, 0.717) is 5.35 Å². The summed E-state index contributed by atoms with van der Waals surface area (Å²) < 4.78 is 7.25. The zero-order valence-corrected chi connectivity index (χ0v) is 8.64. The molecule has 1 heterocycles. The van der Waals surface area contributed by atoms with E-state index >= 15 is 0 Å². The molecule has 4 heteroatoms. The first-order valence-corrected chi connectivity index (χ1v) is 4.27. The van der Waals surface area contributed by atoms with E-state index < -0.39 is 0 Å². The number of aromatic nitrogens is 1. The number of fused-ring (bicyclic) bond motifs is 1. The summed E-state index contributed by atoms with van der Waals surface area (Å²) in [5.74, 6) is 0. The van der Waals surface area contributed by atoms with Crippen LogP contribution in [0.5, 0.6) is 0 Å². The van der Waals surface area contributed by atoms with Crippen molar-refractivity contribution in [3.05, 3.63) is 29.6 Å². The van der Waals surface area contributed by atoms with Crippen LogP contribution in [0.15, 0.2) is 28.7 Å². The molecule has 0 aliphatic rings. The molecule has 2 rings (SSSR count). The molecule has 0 unspecified atom stereocenters. The number of halogens is 2. The summed E-state index contributed by atoms with van der Waals surface area (Å²) in [6, 6.07) is 7.81. The van der Waals surface area contributed by atoms with Crippen molar-refractivity contribution in [2.75, 3.05) is 0 Å². The first-order chi connectivity index (χ1) is 5.83. The molecule has 0 aliphatic heterocycles. The van der Waals surface area contributed by atoms with Gasteiger partial charge in [-0.2, -0.15) is 0 Å². The van der Waals surface area contributed by atoms with Crippen LogP contribution in [0.2, 0.25) is 5.35 Å². The highest BCUT2D eigenvalue weighted by Gasteiger charge is 2.17. The molecule has 0 radical (unpaired) electrons. The van der Waals surface area contributed by atoms with Crippen molar-refractivity contribution in [2.24, 2.45) is 0 Å². The van der Waals surface area contributed by atoms with Gasteiger partial charge in [0.1, 0.15) is 0 Å². The highest BCUT2D eigenvalue weighted by Crippen LogP contribution is 2.15. The van der Waals surface area contributed by atoms with Gasteiger partial charge < -0.3 is 16.8 Å². The van der Waals surface area contributed by atoms with Crippen LogP contribution < -0.4 is 17.0 Å². The molecule has 2 aromatic rings. The van der Waals surface area contributed by atoms with Crippen LogP contribution in [0, 0.1) is 0 Å². The van der Waals surface area contributed by atoms with Gasteiger partial charge in [0.25, 0.3) is 5.52 Å². The lowest BCUT2D eigenvalue weighted by atomic mass is 10.3. The third-order valence-corrected chi connectivity index (χ3v) is 2.16. The second-order valence-corrected chi connectivity index (χ2v) is 2.89. The largest absolute Gasteiger partial charge is 1.00 e. The Balaban J connectivity index is 0.000000845. The zero-order chi connectivity index (χ0) is 8.55. The van der Waals surface area contributed by atoms with E-state index in [0.717, 1.165) is 17.6 Å². The number of para-hydroxylation sites is 2. The zero-order valence-electron chi connectivity index (χ0n) is 7.13. The second kappa shape index (κ2) is 3.99. The van der Waals surface area contributed by atoms with Crippen molar-refractivity contribution in [3.63, 3.8) is 0 Å². The Labute approximate surface area is 87.5 Å². The molecule has 0 saturated carbocycles. The van der Waals surface area contributed by atoms with Crippen LogP contribution in [0.4, 0.5) is 0 Å². The number of benzene rings is 1. The number of hydrogen-bond acceptors (Lipinski definition) is 1. The van der Waals surface area contributed by atoms with Crippen LogP contribution >= 0.6 is 11.6 Å². The van der Waals surface area contributed by atoms with E-state index in [4.69, 9.17) is 16.0 Å². The Morgan fingerprint density at radius 2 is 2.08 bits per heavy atom. The van der Waals surface area contributed by atoms with E-state index in [9.17, 15) is 0 Å². The molecule has 0 atom stereocenters. The molecule has 13 heavy (non-hydrogen) atoms. The van der Waals surface area contributed by atoms with Crippen LogP contribution in [-0.4, -0.2) is 0 Å². The smallest absolute Gasteiger partial charge is 0.450 e. The number of nitrogens with zero attached hydrogens (tertiary/aromatic N) is 1. The average molecular weight is 218 g/mol.